The third-order valence-electron chi connectivity index (χ3n) is 12.3. The number of para-hydroxylation sites is 1. The number of benzene rings is 8. The molecule has 2 heterocycles. The lowest BCUT2D eigenvalue weighted by molar-refractivity contribution is 0.446. The van der Waals surface area contributed by atoms with E-state index in [4.69, 9.17) is 10.5 Å². The van der Waals surface area contributed by atoms with Crippen LogP contribution in [0.5, 0.6) is 5.75 Å². The molecule has 0 amide bonds. The lowest BCUT2D eigenvalue weighted by Crippen LogP contribution is -2.17. The van der Waals surface area contributed by atoms with Crippen LogP contribution in [0.15, 0.2) is 200 Å². The highest BCUT2D eigenvalue weighted by molar-refractivity contribution is 5.98. The van der Waals surface area contributed by atoms with Gasteiger partial charge >= 0.3 is 0 Å². The first-order valence-corrected chi connectivity index (χ1v) is 22.6. The van der Waals surface area contributed by atoms with E-state index in [1.807, 2.05) is 78.9 Å². The summed E-state index contributed by atoms with van der Waals surface area (Å²) >= 11 is 0. The van der Waals surface area contributed by atoms with Crippen LogP contribution in [-0.4, -0.2) is 19.6 Å². The molecule has 4 nitrogen and oxygen atoms in total. The average Bonchev–Trinajstić information content (AvgIpc) is 3.77. The van der Waals surface area contributed by atoms with E-state index in [9.17, 15) is 9.22 Å². The number of aromatic nitrogens is 3. The molecule has 10 rings (SSSR count). The molecule has 0 radical (unpaired) electrons. The number of phenolic OH excluding ortho intramolecular Hbond substituents is 1. The number of imidazole rings is 1. The monoisotopic (exact) mass is 876 g/mol. The third kappa shape index (κ3) is 8.48. The van der Waals surface area contributed by atoms with Crippen LogP contribution >= 0.6 is 0 Å². The molecule has 0 saturated carbocycles. The van der Waals surface area contributed by atoms with Crippen molar-refractivity contribution in [3.8, 4) is 89.7 Å². The maximum Gasteiger partial charge on any atom is 0.149 e. The predicted molar refractivity (Wildman–Crippen MR) is 281 cm³/mol. The van der Waals surface area contributed by atoms with Gasteiger partial charge in [0.05, 0.1) is 37.6 Å². The minimum absolute atomic E-state index is 0.0354. The number of aromatic hydroxyl groups is 1. The Labute approximate surface area is 404 Å². The van der Waals surface area contributed by atoms with Crippen molar-refractivity contribution in [2.45, 2.75) is 59.3 Å². The van der Waals surface area contributed by atoms with E-state index in [1.165, 1.54) is 0 Å². The summed E-state index contributed by atoms with van der Waals surface area (Å²) in [6.45, 7) is 14.9. The van der Waals surface area contributed by atoms with Gasteiger partial charge in [0.15, 0.2) is 0 Å². The molecule has 4 heteroatoms. The Morgan fingerprint density at radius 1 is 0.493 bits per heavy atom. The molecule has 328 valence electrons. The molecule has 0 aliphatic heterocycles. The fourth-order valence-electron chi connectivity index (χ4n) is 8.74. The Kier molecular flexibility index (Phi) is 9.10. The van der Waals surface area contributed by atoms with E-state index in [0.717, 1.165) is 55.7 Å². The zero-order valence-electron chi connectivity index (χ0n) is 45.8. The minimum Gasteiger partial charge on any atom is -0.507 e. The van der Waals surface area contributed by atoms with Gasteiger partial charge in [0.1, 0.15) is 11.6 Å². The summed E-state index contributed by atoms with van der Waals surface area (Å²) in [5.74, 6) is 0.695. The van der Waals surface area contributed by atoms with E-state index in [0.29, 0.717) is 33.6 Å². The fraction of sp³-hybridized carbons (Fsp3) is 0.143. The van der Waals surface area contributed by atoms with Gasteiger partial charge in [-0.05, 0) is 122 Å². The van der Waals surface area contributed by atoms with E-state index >= 15 is 0 Å². The molecule has 0 spiro atoms. The van der Waals surface area contributed by atoms with Crippen molar-refractivity contribution < 1.29 is 14.7 Å². The van der Waals surface area contributed by atoms with E-state index < -0.39 is 29.7 Å². The zero-order valence-corrected chi connectivity index (χ0v) is 38.8. The number of pyridine rings is 1. The molecule has 0 saturated heterocycles. The molecule has 0 fully saturated rings. The van der Waals surface area contributed by atoms with Gasteiger partial charge in [0.25, 0.3) is 0 Å². The van der Waals surface area contributed by atoms with E-state index in [1.54, 1.807) is 30.3 Å². The van der Waals surface area contributed by atoms with Crippen LogP contribution < -0.4 is 0 Å². The molecule has 8 aromatic carbocycles. The summed E-state index contributed by atoms with van der Waals surface area (Å²) < 4.78 is 66.6. The van der Waals surface area contributed by atoms with Crippen molar-refractivity contribution in [3.05, 3.63) is 217 Å². The van der Waals surface area contributed by atoms with Crippen LogP contribution in [0.3, 0.4) is 0 Å². The molecule has 0 aliphatic rings. The summed E-state index contributed by atoms with van der Waals surface area (Å²) in [4.78, 5) is 10.2. The molecular weight excluding hydrogens is 815 g/mol. The minimum atomic E-state index is -0.480. The van der Waals surface area contributed by atoms with Crippen molar-refractivity contribution in [1.82, 2.24) is 14.5 Å². The average molecular weight is 877 g/mol. The normalized spacial score (nSPS) is 13.3. The first-order valence-electron chi connectivity index (χ1n) is 26.1. The number of hydrogen-bond acceptors (Lipinski definition) is 3. The number of hydrogen-bond donors (Lipinski definition) is 1. The maximum absolute atomic E-state index is 12.6. The van der Waals surface area contributed by atoms with Gasteiger partial charge in [-0.2, -0.15) is 0 Å². The molecular formula is C63H55N3O. The van der Waals surface area contributed by atoms with E-state index in [2.05, 4.69) is 107 Å². The highest BCUT2D eigenvalue weighted by Crippen LogP contribution is 2.46. The highest BCUT2D eigenvalue weighted by Gasteiger charge is 2.29. The molecule has 10 aromatic rings. The summed E-state index contributed by atoms with van der Waals surface area (Å²) in [5.41, 5.74) is 10.8. The van der Waals surface area contributed by atoms with Crippen molar-refractivity contribution >= 4 is 11.0 Å². The topological polar surface area (TPSA) is 50.9 Å². The second-order valence-corrected chi connectivity index (χ2v) is 19.2. The first-order chi connectivity index (χ1) is 35.2. The number of rotatable bonds is 8. The lowest BCUT2D eigenvalue weighted by atomic mass is 9.79. The third-order valence-corrected chi connectivity index (χ3v) is 12.3. The Hall–Kier alpha value is -7.82. The van der Waals surface area contributed by atoms with Crippen LogP contribution in [0.4, 0.5) is 0 Å². The highest BCUT2D eigenvalue weighted by atomic mass is 16.3. The summed E-state index contributed by atoms with van der Waals surface area (Å²) in [5, 5.41) is 12.6. The number of phenols is 1. The van der Waals surface area contributed by atoms with Gasteiger partial charge < -0.3 is 5.11 Å². The zero-order chi connectivity index (χ0) is 52.5. The van der Waals surface area contributed by atoms with Crippen LogP contribution in [0.1, 0.15) is 67.8 Å². The van der Waals surface area contributed by atoms with Crippen LogP contribution in [0, 0.1) is 6.92 Å². The van der Waals surface area contributed by atoms with Crippen LogP contribution in [0.25, 0.3) is 95.0 Å². The largest absolute Gasteiger partial charge is 0.507 e. The predicted octanol–water partition coefficient (Wildman–Crippen LogP) is 16.7. The molecule has 0 atom stereocenters. The van der Waals surface area contributed by atoms with Gasteiger partial charge in [0.2, 0.25) is 0 Å². The van der Waals surface area contributed by atoms with Crippen molar-refractivity contribution in [1.29, 1.82) is 0 Å². The fourth-order valence-corrected chi connectivity index (χ4v) is 8.74. The van der Waals surface area contributed by atoms with Gasteiger partial charge in [-0.25, -0.2) is 4.98 Å². The Bertz CT molecular complexity index is 3810. The Morgan fingerprint density at radius 3 is 1.73 bits per heavy atom. The van der Waals surface area contributed by atoms with Crippen LogP contribution in [-0.2, 0) is 10.8 Å². The molecule has 0 unspecified atom stereocenters. The SMILES string of the molecule is [2H]c1nc(-c2cc(-c3ccccc3)cc(-c3cccc4c3nc(-c3cc(C(C)(C)C)cc(C(C)(C)C)c3O)n4-c3ccc(C)cc3-c3ccccc3)c2)c([2H])c(-c2c([2H])c([2H])c(-c3ccccc3)c([2H])c2[2H])c1[2H]. The van der Waals surface area contributed by atoms with Gasteiger partial charge in [-0.3, -0.25) is 9.55 Å². The molecule has 0 aliphatic carbocycles. The van der Waals surface area contributed by atoms with Gasteiger partial charge in [-0.15, -0.1) is 0 Å². The van der Waals surface area contributed by atoms with Crippen LogP contribution in [0.2, 0.25) is 0 Å². The van der Waals surface area contributed by atoms with Crippen molar-refractivity contribution in [2.75, 3.05) is 0 Å². The molecule has 0 bridgehead atoms. The first kappa shape index (κ1) is 35.4. The maximum atomic E-state index is 12.6. The molecule has 2 aromatic heterocycles. The van der Waals surface area contributed by atoms with Crippen molar-refractivity contribution in [3.63, 3.8) is 0 Å². The van der Waals surface area contributed by atoms with Gasteiger partial charge in [-0.1, -0.05) is 187 Å². The van der Waals surface area contributed by atoms with Gasteiger partial charge in [0, 0.05) is 28.4 Å². The number of fused-ring (bicyclic) bond motifs is 1. The van der Waals surface area contributed by atoms with E-state index in [-0.39, 0.29) is 51.7 Å². The van der Waals surface area contributed by atoms with Crippen molar-refractivity contribution in [2.24, 2.45) is 0 Å². The second-order valence-electron chi connectivity index (χ2n) is 19.2. The molecule has 67 heavy (non-hydrogen) atoms. The smallest absolute Gasteiger partial charge is 0.149 e. The summed E-state index contributed by atoms with van der Waals surface area (Å²) in [6.07, 6.45) is -0.480. The Morgan fingerprint density at radius 2 is 1.09 bits per heavy atom. The number of aryl methyl sites for hydroxylation is 1. The lowest BCUT2D eigenvalue weighted by Gasteiger charge is -2.27. The summed E-state index contributed by atoms with van der Waals surface area (Å²) in [7, 11) is 0. The Balaban J connectivity index is 1.27. The second kappa shape index (κ2) is 17.2. The quantitative estimate of drug-likeness (QED) is 0.165. The number of nitrogens with zero attached hydrogens (tertiary/aromatic N) is 3. The molecule has 1 N–H and O–H groups in total. The summed E-state index contributed by atoms with van der Waals surface area (Å²) in [6, 6.07) is 48.9. The standard InChI is InChI=1S/C63H55N3O/c1-41-26-31-57(53(34-41)46-22-15-10-16-23-46)66-58-25-17-24-52(59(58)65-61(66)54-39-51(62(2,3)4)40-55(60(54)67)63(5,6)7)49-35-48(43-20-13-9-14-21-43)36-50(37-49)56-38-47(32-33-64-56)45-29-27-44(28-30-45)42-18-11-8-12-19-42/h8-40,67H,1-7H3/i27D,28D,29D,30D,32D,33D,38D.